The van der Waals surface area contributed by atoms with Crippen LogP contribution in [-0.2, 0) is 14.8 Å². The molecule has 0 spiro atoms. The van der Waals surface area contributed by atoms with E-state index in [4.69, 9.17) is 4.74 Å². The van der Waals surface area contributed by atoms with Gasteiger partial charge in [0.15, 0.2) is 0 Å². The molecule has 2 heterocycles. The lowest BCUT2D eigenvalue weighted by atomic mass is 10.4. The number of sulfonamides is 1. The van der Waals surface area contributed by atoms with Crippen LogP contribution in [0.4, 0.5) is 0 Å². The third kappa shape index (κ3) is 4.03. The van der Waals surface area contributed by atoms with Gasteiger partial charge in [-0.1, -0.05) is 0 Å². The summed E-state index contributed by atoms with van der Waals surface area (Å²) < 4.78 is 31.3. The average molecular weight is 332 g/mol. The highest BCUT2D eigenvalue weighted by Crippen LogP contribution is 2.27. The van der Waals surface area contributed by atoms with E-state index in [-0.39, 0.29) is 10.1 Å². The second-order valence-electron chi connectivity index (χ2n) is 4.83. The zero-order valence-electron chi connectivity index (χ0n) is 12.0. The fourth-order valence-corrected chi connectivity index (χ4v) is 5.04. The molecule has 1 aromatic rings. The summed E-state index contributed by atoms with van der Waals surface area (Å²) in [7, 11) is -1.82. The molecule has 1 aromatic heterocycles. The lowest BCUT2D eigenvalue weighted by Gasteiger charge is -2.13. The summed E-state index contributed by atoms with van der Waals surface area (Å²) in [5.74, 6) is -0.237. The predicted octanol–water partition coefficient (Wildman–Crippen LogP) is 1.30. The molecule has 1 amide bonds. The van der Waals surface area contributed by atoms with Crippen LogP contribution in [0.1, 0.15) is 28.9 Å². The van der Waals surface area contributed by atoms with E-state index in [2.05, 4.69) is 5.32 Å². The third-order valence-electron chi connectivity index (χ3n) is 3.28. The molecule has 6 nitrogen and oxygen atoms in total. The Morgan fingerprint density at radius 3 is 2.76 bits per heavy atom. The molecule has 2 rings (SSSR count). The molecular formula is C13H20N2O4S2. The molecule has 0 unspecified atom stereocenters. The first kappa shape index (κ1) is 16.4. The second-order valence-corrected chi connectivity index (χ2v) is 8.08. The standard InChI is InChI=1S/C13H20N2O4S2/c1-19-10-4-7-14-13(16)11-5-6-12(20-11)21(17,18)15-8-2-3-9-15/h5-6H,2-4,7-10H2,1H3,(H,14,16). The van der Waals surface area contributed by atoms with Gasteiger partial charge in [0.1, 0.15) is 4.21 Å². The Labute approximate surface area is 129 Å². The molecule has 1 N–H and O–H groups in total. The van der Waals surface area contributed by atoms with Gasteiger partial charge in [0, 0.05) is 33.4 Å². The van der Waals surface area contributed by atoms with E-state index < -0.39 is 10.0 Å². The van der Waals surface area contributed by atoms with Crippen molar-refractivity contribution in [3.8, 4) is 0 Å². The first-order valence-electron chi connectivity index (χ1n) is 6.93. The van der Waals surface area contributed by atoms with Gasteiger partial charge in [-0.3, -0.25) is 4.79 Å². The van der Waals surface area contributed by atoms with Gasteiger partial charge >= 0.3 is 0 Å². The largest absolute Gasteiger partial charge is 0.385 e. The number of nitrogens with one attached hydrogen (secondary N) is 1. The number of thiophene rings is 1. The zero-order valence-corrected chi connectivity index (χ0v) is 13.6. The quantitative estimate of drug-likeness (QED) is 0.764. The molecule has 1 fully saturated rings. The van der Waals surface area contributed by atoms with Gasteiger partial charge < -0.3 is 10.1 Å². The molecule has 1 saturated heterocycles. The van der Waals surface area contributed by atoms with E-state index in [1.54, 1.807) is 13.2 Å². The molecular weight excluding hydrogens is 312 g/mol. The number of amides is 1. The molecule has 0 aromatic carbocycles. The lowest BCUT2D eigenvalue weighted by Crippen LogP contribution is -2.27. The molecule has 1 aliphatic heterocycles. The van der Waals surface area contributed by atoms with Crippen LogP contribution in [0.25, 0.3) is 0 Å². The van der Waals surface area contributed by atoms with E-state index in [1.807, 2.05) is 0 Å². The maximum absolute atomic E-state index is 12.4. The number of hydrogen-bond acceptors (Lipinski definition) is 5. The van der Waals surface area contributed by atoms with Gasteiger partial charge in [0.05, 0.1) is 4.88 Å². The Morgan fingerprint density at radius 2 is 2.10 bits per heavy atom. The fraction of sp³-hybridized carbons (Fsp3) is 0.615. The van der Waals surface area contributed by atoms with Crippen LogP contribution in [0.5, 0.6) is 0 Å². The number of carbonyl (C=O) groups is 1. The number of rotatable bonds is 7. The van der Waals surface area contributed by atoms with Crippen LogP contribution in [0.2, 0.25) is 0 Å². The SMILES string of the molecule is COCCCNC(=O)c1ccc(S(=O)(=O)N2CCCC2)s1. The van der Waals surface area contributed by atoms with Crippen molar-refractivity contribution in [2.75, 3.05) is 33.4 Å². The minimum Gasteiger partial charge on any atom is -0.385 e. The highest BCUT2D eigenvalue weighted by molar-refractivity contribution is 7.91. The second kappa shape index (κ2) is 7.35. The summed E-state index contributed by atoms with van der Waals surface area (Å²) in [5, 5.41) is 2.75. The van der Waals surface area contributed by atoms with Crippen molar-refractivity contribution in [1.82, 2.24) is 9.62 Å². The molecule has 0 atom stereocenters. The van der Waals surface area contributed by atoms with E-state index in [1.165, 1.54) is 10.4 Å². The number of carbonyl (C=O) groups excluding carboxylic acids is 1. The normalized spacial score (nSPS) is 16.2. The molecule has 21 heavy (non-hydrogen) atoms. The Kier molecular flexibility index (Phi) is 5.74. The minimum absolute atomic E-state index is 0.237. The molecule has 0 aliphatic carbocycles. The molecule has 8 heteroatoms. The van der Waals surface area contributed by atoms with E-state index >= 15 is 0 Å². The highest BCUT2D eigenvalue weighted by atomic mass is 32.2. The highest BCUT2D eigenvalue weighted by Gasteiger charge is 2.29. The van der Waals surface area contributed by atoms with E-state index in [0.29, 0.717) is 31.1 Å². The Morgan fingerprint density at radius 1 is 1.38 bits per heavy atom. The van der Waals surface area contributed by atoms with Crippen molar-refractivity contribution in [3.63, 3.8) is 0 Å². The van der Waals surface area contributed by atoms with Crippen LogP contribution < -0.4 is 5.32 Å². The smallest absolute Gasteiger partial charge is 0.261 e. The third-order valence-corrected chi connectivity index (χ3v) is 6.73. The maximum Gasteiger partial charge on any atom is 0.261 e. The number of nitrogens with zero attached hydrogens (tertiary/aromatic N) is 1. The van der Waals surface area contributed by atoms with Gasteiger partial charge in [0.2, 0.25) is 0 Å². The number of hydrogen-bond donors (Lipinski definition) is 1. The molecule has 118 valence electrons. The summed E-state index contributed by atoms with van der Waals surface area (Å²) in [6, 6.07) is 3.08. The van der Waals surface area contributed by atoms with Crippen molar-refractivity contribution in [2.24, 2.45) is 0 Å². The Hall–Kier alpha value is -0.960. The van der Waals surface area contributed by atoms with Crippen molar-refractivity contribution < 1.29 is 17.9 Å². The van der Waals surface area contributed by atoms with Crippen molar-refractivity contribution in [3.05, 3.63) is 17.0 Å². The van der Waals surface area contributed by atoms with Crippen LogP contribution >= 0.6 is 11.3 Å². The summed E-state index contributed by atoms with van der Waals surface area (Å²) >= 11 is 1.03. The van der Waals surface area contributed by atoms with Crippen molar-refractivity contribution in [2.45, 2.75) is 23.5 Å². The van der Waals surface area contributed by atoms with Crippen LogP contribution in [0.15, 0.2) is 16.3 Å². The molecule has 0 radical (unpaired) electrons. The monoisotopic (exact) mass is 332 g/mol. The first-order valence-corrected chi connectivity index (χ1v) is 9.18. The zero-order chi connectivity index (χ0) is 15.3. The van der Waals surface area contributed by atoms with Crippen molar-refractivity contribution in [1.29, 1.82) is 0 Å². The minimum atomic E-state index is -3.43. The first-order chi connectivity index (χ1) is 10.1. The summed E-state index contributed by atoms with van der Waals surface area (Å²) in [4.78, 5) is 12.3. The summed E-state index contributed by atoms with van der Waals surface area (Å²) in [6.45, 7) is 2.23. The average Bonchev–Trinajstić information content (AvgIpc) is 3.14. The van der Waals surface area contributed by atoms with Gasteiger partial charge in [0.25, 0.3) is 15.9 Å². The Bertz CT molecular complexity index is 577. The van der Waals surface area contributed by atoms with Crippen molar-refractivity contribution >= 4 is 27.3 Å². The lowest BCUT2D eigenvalue weighted by molar-refractivity contribution is 0.0952. The van der Waals surface area contributed by atoms with Crippen LogP contribution in [-0.4, -0.2) is 52.0 Å². The van der Waals surface area contributed by atoms with Gasteiger partial charge in [-0.2, -0.15) is 4.31 Å². The van der Waals surface area contributed by atoms with Gasteiger partial charge in [-0.25, -0.2) is 8.42 Å². The molecule has 0 bridgehead atoms. The van der Waals surface area contributed by atoms with E-state index in [0.717, 1.165) is 30.6 Å². The summed E-state index contributed by atoms with van der Waals surface area (Å²) in [6.07, 6.45) is 2.53. The summed E-state index contributed by atoms with van der Waals surface area (Å²) in [5.41, 5.74) is 0. The van der Waals surface area contributed by atoms with Gasteiger partial charge in [-0.15, -0.1) is 11.3 Å². The topological polar surface area (TPSA) is 75.7 Å². The van der Waals surface area contributed by atoms with Crippen LogP contribution in [0, 0.1) is 0 Å². The van der Waals surface area contributed by atoms with E-state index in [9.17, 15) is 13.2 Å². The van der Waals surface area contributed by atoms with Gasteiger partial charge in [-0.05, 0) is 31.4 Å². The van der Waals surface area contributed by atoms with Crippen LogP contribution in [0.3, 0.4) is 0 Å². The number of ether oxygens (including phenoxy) is 1. The molecule has 0 saturated carbocycles. The Balaban J connectivity index is 1.99. The number of methoxy groups -OCH3 is 1. The maximum atomic E-state index is 12.4. The molecule has 1 aliphatic rings. The fourth-order valence-electron chi connectivity index (χ4n) is 2.14. The predicted molar refractivity (Wildman–Crippen MR) is 81.1 cm³/mol.